The number of aromatic nitrogens is 5. The number of aryl methyl sites for hydroxylation is 2. The minimum Gasteiger partial charge on any atom is -0.461 e. The molecule has 0 aromatic carbocycles. The first-order valence-corrected chi connectivity index (χ1v) is 7.60. The van der Waals surface area contributed by atoms with Crippen LogP contribution in [0.25, 0.3) is 11.0 Å². The van der Waals surface area contributed by atoms with Crippen molar-refractivity contribution in [3.05, 3.63) is 36.4 Å². The Morgan fingerprint density at radius 3 is 2.84 bits per heavy atom. The van der Waals surface area contributed by atoms with Crippen molar-refractivity contribution >= 4 is 22.8 Å². The average molecular weight is 342 g/mol. The Balaban J connectivity index is 1.80. The largest absolute Gasteiger partial charge is 0.461 e. The summed E-state index contributed by atoms with van der Waals surface area (Å²) in [7, 11) is 3.26. The summed E-state index contributed by atoms with van der Waals surface area (Å²) >= 11 is 0. The molecule has 3 rings (SSSR count). The second-order valence-electron chi connectivity index (χ2n) is 5.46. The number of rotatable bonds is 6. The lowest BCUT2D eigenvalue weighted by Gasteiger charge is -2.17. The highest BCUT2D eigenvalue weighted by atomic mass is 16.5. The number of methoxy groups -OCH3 is 1. The van der Waals surface area contributed by atoms with E-state index in [-0.39, 0.29) is 18.4 Å². The highest BCUT2D eigenvalue weighted by molar-refractivity contribution is 5.94. The van der Waals surface area contributed by atoms with E-state index >= 15 is 0 Å². The molecule has 0 aliphatic carbocycles. The van der Waals surface area contributed by atoms with Crippen LogP contribution in [0, 0.1) is 6.92 Å². The van der Waals surface area contributed by atoms with Crippen LogP contribution in [0.2, 0.25) is 0 Å². The quantitative estimate of drug-likeness (QED) is 0.715. The molecule has 1 amide bonds. The van der Waals surface area contributed by atoms with E-state index in [4.69, 9.17) is 9.47 Å². The van der Waals surface area contributed by atoms with Gasteiger partial charge >= 0.3 is 0 Å². The van der Waals surface area contributed by atoms with E-state index in [0.29, 0.717) is 16.9 Å². The van der Waals surface area contributed by atoms with Gasteiger partial charge in [0.25, 0.3) is 5.91 Å². The maximum atomic E-state index is 12.5. The van der Waals surface area contributed by atoms with Crippen molar-refractivity contribution in [2.75, 3.05) is 19.0 Å². The van der Waals surface area contributed by atoms with Gasteiger partial charge in [0.2, 0.25) is 12.0 Å². The van der Waals surface area contributed by atoms with E-state index in [9.17, 15) is 4.79 Å². The predicted molar refractivity (Wildman–Crippen MR) is 90.2 cm³/mol. The van der Waals surface area contributed by atoms with Crippen molar-refractivity contribution in [3.8, 4) is 5.88 Å². The molecule has 0 saturated heterocycles. The SMILES string of the molecule is COCC(Oc1ncnc2c1cnn2C)C(=O)Nc1ccc(C)cn1. The zero-order chi connectivity index (χ0) is 17.8. The molecule has 3 aromatic heterocycles. The number of fused-ring (bicyclic) bond motifs is 1. The van der Waals surface area contributed by atoms with Crippen LogP contribution in [-0.2, 0) is 16.6 Å². The van der Waals surface area contributed by atoms with Gasteiger partial charge in [-0.3, -0.25) is 9.48 Å². The molecular weight excluding hydrogens is 324 g/mol. The van der Waals surface area contributed by atoms with Crippen molar-refractivity contribution in [2.45, 2.75) is 13.0 Å². The molecule has 1 atom stereocenters. The third kappa shape index (κ3) is 3.72. The Morgan fingerprint density at radius 1 is 1.28 bits per heavy atom. The standard InChI is InChI=1S/C16H18N6O3/c1-10-4-5-13(17-6-10)21-15(23)12(8-24-3)25-16-11-7-20-22(2)14(11)18-9-19-16/h4-7,9,12H,8H2,1-3H3,(H,17,21,23). The number of carbonyl (C=O) groups excluding carboxylic acids is 1. The minimum absolute atomic E-state index is 0.0590. The third-order valence-electron chi connectivity index (χ3n) is 3.52. The van der Waals surface area contributed by atoms with E-state index in [0.717, 1.165) is 5.56 Å². The van der Waals surface area contributed by atoms with Crippen LogP contribution in [0.4, 0.5) is 5.82 Å². The number of nitrogens with zero attached hydrogens (tertiary/aromatic N) is 5. The molecule has 25 heavy (non-hydrogen) atoms. The fraction of sp³-hybridized carbons (Fsp3) is 0.312. The first-order valence-electron chi connectivity index (χ1n) is 7.60. The zero-order valence-electron chi connectivity index (χ0n) is 14.1. The summed E-state index contributed by atoms with van der Waals surface area (Å²) in [5, 5.41) is 7.45. The second-order valence-corrected chi connectivity index (χ2v) is 5.46. The lowest BCUT2D eigenvalue weighted by molar-refractivity contribution is -0.125. The molecule has 9 heteroatoms. The third-order valence-corrected chi connectivity index (χ3v) is 3.52. The van der Waals surface area contributed by atoms with Gasteiger partial charge in [0.1, 0.15) is 17.5 Å². The Hall–Kier alpha value is -3.07. The second kappa shape index (κ2) is 7.22. The molecule has 0 saturated carbocycles. The molecule has 3 heterocycles. The molecule has 0 spiro atoms. The van der Waals surface area contributed by atoms with Crippen molar-refractivity contribution in [2.24, 2.45) is 7.05 Å². The van der Waals surface area contributed by atoms with Gasteiger partial charge in [0.05, 0.1) is 12.8 Å². The van der Waals surface area contributed by atoms with Crippen molar-refractivity contribution in [3.63, 3.8) is 0 Å². The van der Waals surface area contributed by atoms with Crippen molar-refractivity contribution in [1.29, 1.82) is 0 Å². The molecular formula is C16H18N6O3. The molecule has 0 fully saturated rings. The topological polar surface area (TPSA) is 104 Å². The molecule has 9 nitrogen and oxygen atoms in total. The van der Waals surface area contributed by atoms with Crippen LogP contribution < -0.4 is 10.1 Å². The van der Waals surface area contributed by atoms with Crippen molar-refractivity contribution < 1.29 is 14.3 Å². The van der Waals surface area contributed by atoms with Gasteiger partial charge in [-0.1, -0.05) is 6.07 Å². The fourth-order valence-corrected chi connectivity index (χ4v) is 2.23. The summed E-state index contributed by atoms with van der Waals surface area (Å²) in [5.74, 6) is 0.329. The van der Waals surface area contributed by atoms with Gasteiger partial charge in [0.15, 0.2) is 5.65 Å². The van der Waals surface area contributed by atoms with E-state index in [1.54, 1.807) is 30.2 Å². The van der Waals surface area contributed by atoms with Crippen LogP contribution in [0.3, 0.4) is 0 Å². The molecule has 0 aliphatic heterocycles. The van der Waals surface area contributed by atoms with Gasteiger partial charge in [-0.2, -0.15) is 5.10 Å². The summed E-state index contributed by atoms with van der Waals surface area (Å²) in [6.07, 6.45) is 3.73. The van der Waals surface area contributed by atoms with Gasteiger partial charge in [0, 0.05) is 20.4 Å². The van der Waals surface area contributed by atoms with Gasteiger partial charge < -0.3 is 14.8 Å². The van der Waals surface area contributed by atoms with Crippen LogP contribution in [0.1, 0.15) is 5.56 Å². The normalized spacial score (nSPS) is 12.1. The van der Waals surface area contributed by atoms with Crippen LogP contribution in [-0.4, -0.2) is 50.5 Å². The summed E-state index contributed by atoms with van der Waals surface area (Å²) in [6.45, 7) is 1.98. The average Bonchev–Trinajstić information content (AvgIpc) is 2.99. The van der Waals surface area contributed by atoms with Crippen LogP contribution in [0.5, 0.6) is 5.88 Å². The summed E-state index contributed by atoms with van der Waals surface area (Å²) in [5.41, 5.74) is 1.62. The molecule has 3 aromatic rings. The van der Waals surface area contributed by atoms with Crippen molar-refractivity contribution in [1.82, 2.24) is 24.7 Å². The number of anilines is 1. The number of hydrogen-bond acceptors (Lipinski definition) is 7. The molecule has 0 radical (unpaired) electrons. The summed E-state index contributed by atoms with van der Waals surface area (Å²) in [4.78, 5) is 24.9. The summed E-state index contributed by atoms with van der Waals surface area (Å²) < 4.78 is 12.5. The van der Waals surface area contributed by atoms with E-state index in [2.05, 4.69) is 25.4 Å². The highest BCUT2D eigenvalue weighted by Gasteiger charge is 2.23. The van der Waals surface area contributed by atoms with Gasteiger partial charge in [-0.05, 0) is 18.6 Å². The van der Waals surface area contributed by atoms with E-state index in [1.807, 2.05) is 13.0 Å². The maximum absolute atomic E-state index is 12.5. The molecule has 130 valence electrons. The Kier molecular flexibility index (Phi) is 4.85. The molecule has 0 aliphatic rings. The van der Waals surface area contributed by atoms with Gasteiger partial charge in [-0.15, -0.1) is 0 Å². The van der Waals surface area contributed by atoms with E-state index < -0.39 is 6.10 Å². The highest BCUT2D eigenvalue weighted by Crippen LogP contribution is 2.21. The number of nitrogens with one attached hydrogen (secondary N) is 1. The molecule has 0 bridgehead atoms. The lowest BCUT2D eigenvalue weighted by Crippen LogP contribution is -2.37. The van der Waals surface area contributed by atoms with Crippen LogP contribution >= 0.6 is 0 Å². The number of ether oxygens (including phenoxy) is 2. The molecule has 1 N–H and O–H groups in total. The Labute approximate surface area is 144 Å². The number of amides is 1. The fourth-order valence-electron chi connectivity index (χ4n) is 2.23. The smallest absolute Gasteiger partial charge is 0.269 e. The van der Waals surface area contributed by atoms with Crippen LogP contribution in [0.15, 0.2) is 30.9 Å². The monoisotopic (exact) mass is 342 g/mol. The molecule has 1 unspecified atom stereocenters. The Morgan fingerprint density at radius 2 is 2.12 bits per heavy atom. The Bertz CT molecular complexity index is 877. The first-order chi connectivity index (χ1) is 12.1. The zero-order valence-corrected chi connectivity index (χ0v) is 14.1. The number of hydrogen-bond donors (Lipinski definition) is 1. The minimum atomic E-state index is -0.897. The summed E-state index contributed by atoms with van der Waals surface area (Å²) in [6, 6.07) is 3.58. The maximum Gasteiger partial charge on any atom is 0.269 e. The van der Waals surface area contributed by atoms with E-state index in [1.165, 1.54) is 13.4 Å². The number of carbonyl (C=O) groups is 1. The predicted octanol–water partition coefficient (Wildman–Crippen LogP) is 1.10. The van der Waals surface area contributed by atoms with Gasteiger partial charge in [-0.25, -0.2) is 15.0 Å². The number of pyridine rings is 1. The first kappa shape index (κ1) is 16.8. The lowest BCUT2D eigenvalue weighted by atomic mass is 10.3.